The second kappa shape index (κ2) is 9.80. The normalized spacial score (nSPS) is 18.6. The third kappa shape index (κ3) is 4.77. The molecule has 0 saturated carbocycles. The van der Waals surface area contributed by atoms with Crippen LogP contribution < -0.4 is 5.32 Å². The molecular weight excluding hydrogens is 484 g/mol. The fraction of sp³-hybridized carbons (Fsp3) is 0.429. The minimum atomic E-state index is -0.307. The molecule has 5 heterocycles. The summed E-state index contributed by atoms with van der Waals surface area (Å²) >= 11 is 8.89. The van der Waals surface area contributed by atoms with Gasteiger partial charge < -0.3 is 19.9 Å². The zero-order valence-corrected chi connectivity index (χ0v) is 20.2. The Morgan fingerprint density at radius 3 is 2.82 bits per heavy atom. The van der Waals surface area contributed by atoms with Crippen molar-refractivity contribution in [2.45, 2.75) is 25.4 Å². The molecule has 3 aromatic rings. The third-order valence-electron chi connectivity index (χ3n) is 5.77. The lowest BCUT2D eigenvalue weighted by atomic mass is 10.1. The predicted octanol–water partition coefficient (Wildman–Crippen LogP) is 3.94. The number of hydrogen-bond acceptors (Lipinski definition) is 8. The van der Waals surface area contributed by atoms with Crippen LogP contribution in [0, 0.1) is 0 Å². The highest BCUT2D eigenvalue weighted by molar-refractivity contribution is 7.16. The molecule has 1 N–H and O–H groups in total. The zero-order chi connectivity index (χ0) is 22.8. The molecule has 2 aliphatic rings. The molecule has 2 fully saturated rings. The van der Waals surface area contributed by atoms with Gasteiger partial charge in [0.25, 0.3) is 5.91 Å². The van der Waals surface area contributed by atoms with E-state index in [-0.39, 0.29) is 18.0 Å². The van der Waals surface area contributed by atoms with E-state index in [1.54, 1.807) is 10.9 Å². The number of nitrogens with zero attached hydrogens (tertiary/aromatic N) is 5. The van der Waals surface area contributed by atoms with Gasteiger partial charge in [0, 0.05) is 36.0 Å². The molecule has 33 heavy (non-hydrogen) atoms. The van der Waals surface area contributed by atoms with Crippen LogP contribution in [-0.4, -0.2) is 69.4 Å². The van der Waals surface area contributed by atoms with Crippen LogP contribution in [0.1, 0.15) is 39.9 Å². The Bertz CT molecular complexity index is 1130. The monoisotopic (exact) mass is 506 g/mol. The van der Waals surface area contributed by atoms with E-state index < -0.39 is 0 Å². The van der Waals surface area contributed by atoms with Gasteiger partial charge in [0.2, 0.25) is 0 Å². The Hall–Kier alpha value is -2.47. The SMILES string of the molecule is O=C(N1CCOCC1)N1CCCC1c1cc(NCc2ccc(Cl)s2)n(C(=O)c2cscn2)n1. The topological polar surface area (TPSA) is 92.6 Å². The van der Waals surface area contributed by atoms with Crippen molar-refractivity contribution in [2.24, 2.45) is 0 Å². The molecule has 0 radical (unpaired) electrons. The lowest BCUT2D eigenvalue weighted by Crippen LogP contribution is -2.47. The first-order valence-electron chi connectivity index (χ1n) is 10.7. The molecule has 1 unspecified atom stereocenters. The summed E-state index contributed by atoms with van der Waals surface area (Å²) in [6.45, 7) is 3.48. The van der Waals surface area contributed by atoms with Gasteiger partial charge in [0.05, 0.1) is 41.3 Å². The zero-order valence-electron chi connectivity index (χ0n) is 17.8. The van der Waals surface area contributed by atoms with Gasteiger partial charge >= 0.3 is 6.03 Å². The second-order valence-electron chi connectivity index (χ2n) is 7.84. The fourth-order valence-corrected chi connectivity index (χ4v) is 5.69. The van der Waals surface area contributed by atoms with Gasteiger partial charge in [-0.15, -0.1) is 22.7 Å². The Morgan fingerprint density at radius 2 is 2.09 bits per heavy atom. The number of thiazole rings is 1. The molecule has 12 heteroatoms. The van der Waals surface area contributed by atoms with Crippen LogP contribution in [0.4, 0.5) is 10.6 Å². The van der Waals surface area contributed by atoms with Crippen molar-refractivity contribution in [1.82, 2.24) is 24.6 Å². The number of thiophene rings is 1. The van der Waals surface area contributed by atoms with Gasteiger partial charge in [-0.3, -0.25) is 4.79 Å². The average Bonchev–Trinajstić information content (AvgIpc) is 3.64. The third-order valence-corrected chi connectivity index (χ3v) is 7.58. The summed E-state index contributed by atoms with van der Waals surface area (Å²) in [6.07, 6.45) is 1.70. The smallest absolute Gasteiger partial charge is 0.320 e. The van der Waals surface area contributed by atoms with Crippen molar-refractivity contribution in [1.29, 1.82) is 0 Å². The Balaban J connectivity index is 1.41. The molecule has 2 aliphatic heterocycles. The summed E-state index contributed by atoms with van der Waals surface area (Å²) in [4.78, 5) is 35.2. The number of nitrogens with one attached hydrogen (secondary N) is 1. The number of carbonyl (C=O) groups excluding carboxylic acids is 2. The minimum absolute atomic E-state index is 0.00362. The maximum absolute atomic E-state index is 13.2. The lowest BCUT2D eigenvalue weighted by molar-refractivity contribution is 0.0420. The average molecular weight is 507 g/mol. The summed E-state index contributed by atoms with van der Waals surface area (Å²) in [5.74, 6) is 0.261. The number of hydrogen-bond donors (Lipinski definition) is 1. The molecule has 0 spiro atoms. The molecular formula is C21H23ClN6O3S2. The summed E-state index contributed by atoms with van der Waals surface area (Å²) in [7, 11) is 0. The van der Waals surface area contributed by atoms with Crippen molar-refractivity contribution in [3.05, 3.63) is 49.7 Å². The van der Waals surface area contributed by atoms with Crippen LogP contribution in [0.3, 0.4) is 0 Å². The van der Waals surface area contributed by atoms with Crippen LogP contribution in [0.2, 0.25) is 4.34 Å². The largest absolute Gasteiger partial charge is 0.378 e. The quantitative estimate of drug-likeness (QED) is 0.563. The summed E-state index contributed by atoms with van der Waals surface area (Å²) in [5, 5.41) is 9.67. The van der Waals surface area contributed by atoms with Crippen molar-refractivity contribution in [2.75, 3.05) is 38.2 Å². The van der Waals surface area contributed by atoms with Crippen LogP contribution in [0.25, 0.3) is 0 Å². The molecule has 174 valence electrons. The van der Waals surface area contributed by atoms with Crippen molar-refractivity contribution < 1.29 is 14.3 Å². The van der Waals surface area contributed by atoms with Crippen LogP contribution in [0.5, 0.6) is 0 Å². The fourth-order valence-electron chi connectivity index (χ4n) is 4.13. The second-order valence-corrected chi connectivity index (χ2v) is 10.4. The first-order valence-corrected chi connectivity index (χ1v) is 12.9. The van der Waals surface area contributed by atoms with E-state index in [1.807, 2.05) is 28.0 Å². The van der Waals surface area contributed by atoms with E-state index >= 15 is 0 Å². The van der Waals surface area contributed by atoms with Gasteiger partial charge in [-0.2, -0.15) is 9.78 Å². The molecule has 0 bridgehead atoms. The molecule has 3 aromatic heterocycles. The molecule has 0 aliphatic carbocycles. The van der Waals surface area contributed by atoms with Crippen LogP contribution in [0.15, 0.2) is 29.1 Å². The molecule has 0 aromatic carbocycles. The van der Waals surface area contributed by atoms with Gasteiger partial charge in [0.15, 0.2) is 0 Å². The highest BCUT2D eigenvalue weighted by Crippen LogP contribution is 2.34. The first kappa shape index (κ1) is 22.3. The minimum Gasteiger partial charge on any atom is -0.378 e. The van der Waals surface area contributed by atoms with Gasteiger partial charge in [-0.1, -0.05) is 11.6 Å². The number of urea groups is 1. The summed E-state index contributed by atoms with van der Waals surface area (Å²) in [6, 6.07) is 5.49. The maximum atomic E-state index is 13.2. The number of aromatic nitrogens is 3. The maximum Gasteiger partial charge on any atom is 0.320 e. The Morgan fingerprint density at radius 1 is 1.24 bits per heavy atom. The van der Waals surface area contributed by atoms with Crippen LogP contribution in [-0.2, 0) is 11.3 Å². The van der Waals surface area contributed by atoms with E-state index in [4.69, 9.17) is 16.3 Å². The molecule has 1 atom stereocenters. The van der Waals surface area contributed by atoms with E-state index in [0.717, 1.165) is 17.7 Å². The highest BCUT2D eigenvalue weighted by Gasteiger charge is 2.35. The standard InChI is InChI=1S/C21H23ClN6O3S2/c22-18-4-3-14(33-18)11-23-19-10-15(25-28(19)20(29)16-12-32-13-24-16)17-2-1-5-27(17)21(30)26-6-8-31-9-7-26/h3-4,10,12-13,17,23H,1-2,5-9,11H2. The first-order chi connectivity index (χ1) is 16.1. The van der Waals surface area contributed by atoms with Crippen LogP contribution >= 0.6 is 34.3 Å². The number of ether oxygens (including phenoxy) is 1. The highest BCUT2D eigenvalue weighted by atomic mass is 35.5. The number of morpholine rings is 1. The number of likely N-dealkylation sites (tertiary alicyclic amines) is 1. The van der Waals surface area contributed by atoms with Gasteiger partial charge in [0.1, 0.15) is 11.5 Å². The van der Waals surface area contributed by atoms with E-state index in [2.05, 4.69) is 15.4 Å². The molecule has 5 rings (SSSR count). The lowest BCUT2D eigenvalue weighted by Gasteiger charge is -2.33. The summed E-state index contributed by atoms with van der Waals surface area (Å²) in [5.41, 5.74) is 2.66. The molecule has 2 amide bonds. The van der Waals surface area contributed by atoms with E-state index in [0.29, 0.717) is 60.9 Å². The Kier molecular flexibility index (Phi) is 6.63. The van der Waals surface area contributed by atoms with Gasteiger partial charge in [-0.25, -0.2) is 9.78 Å². The number of carbonyl (C=O) groups is 2. The number of amides is 2. The van der Waals surface area contributed by atoms with Gasteiger partial charge in [-0.05, 0) is 25.0 Å². The summed E-state index contributed by atoms with van der Waals surface area (Å²) < 4.78 is 7.45. The molecule has 9 nitrogen and oxygen atoms in total. The van der Waals surface area contributed by atoms with Crippen molar-refractivity contribution in [3.8, 4) is 0 Å². The number of anilines is 1. The predicted molar refractivity (Wildman–Crippen MR) is 127 cm³/mol. The van der Waals surface area contributed by atoms with E-state index in [9.17, 15) is 9.59 Å². The number of halogens is 1. The number of rotatable bonds is 5. The molecule has 2 saturated heterocycles. The Labute approximate surface area is 203 Å². The van der Waals surface area contributed by atoms with Crippen molar-refractivity contribution >= 4 is 52.0 Å². The van der Waals surface area contributed by atoms with Crippen molar-refractivity contribution in [3.63, 3.8) is 0 Å². The van der Waals surface area contributed by atoms with E-state index in [1.165, 1.54) is 27.4 Å².